The van der Waals surface area contributed by atoms with Crippen molar-refractivity contribution in [3.63, 3.8) is 0 Å². The number of rotatable bonds is 4. The van der Waals surface area contributed by atoms with Crippen LogP contribution in [0.25, 0.3) is 10.9 Å². The van der Waals surface area contributed by atoms with Crippen LogP contribution >= 0.6 is 0 Å². The lowest BCUT2D eigenvalue weighted by molar-refractivity contribution is 0.102. The Morgan fingerprint density at radius 1 is 1.00 bits per heavy atom. The molecule has 3 rings (SSSR count). The Labute approximate surface area is 142 Å². The summed E-state index contributed by atoms with van der Waals surface area (Å²) in [6, 6.07) is 13.3. The van der Waals surface area contributed by atoms with E-state index in [0.29, 0.717) is 10.9 Å². The summed E-state index contributed by atoms with van der Waals surface area (Å²) in [5, 5.41) is 2.97. The van der Waals surface area contributed by atoms with Crippen molar-refractivity contribution in [2.45, 2.75) is 10.7 Å². The van der Waals surface area contributed by atoms with Gasteiger partial charge in [0.2, 0.25) is 9.84 Å². The fourth-order valence-electron chi connectivity index (χ4n) is 2.40. The number of nitrogens with one attached hydrogen (secondary N) is 1. The van der Waals surface area contributed by atoms with Crippen LogP contribution in [0, 0.1) is 0 Å². The fourth-order valence-corrected chi connectivity index (χ4v) is 3.29. The zero-order valence-electron chi connectivity index (χ0n) is 12.7. The SMILES string of the molecule is O=C(Nc1ccccc1S(=O)(=O)C(F)F)c1cccc2ncccc12. The standard InChI is InChI=1S/C17H12F2N2O3S/c18-17(19)25(23,24)15-9-2-1-7-14(15)21-16(22)12-5-3-8-13-11(12)6-4-10-20-13/h1-10,17H,(H,21,22). The first-order valence-electron chi connectivity index (χ1n) is 7.17. The number of aromatic nitrogens is 1. The van der Waals surface area contributed by atoms with Crippen molar-refractivity contribution in [2.75, 3.05) is 5.32 Å². The average molecular weight is 362 g/mol. The minimum absolute atomic E-state index is 0.200. The van der Waals surface area contributed by atoms with Gasteiger partial charge in [0.05, 0.1) is 16.1 Å². The second-order valence-electron chi connectivity index (χ2n) is 5.13. The van der Waals surface area contributed by atoms with E-state index in [1.54, 1.807) is 36.5 Å². The highest BCUT2D eigenvalue weighted by atomic mass is 32.2. The number of alkyl halides is 2. The first-order valence-corrected chi connectivity index (χ1v) is 8.72. The predicted octanol–water partition coefficient (Wildman–Crippen LogP) is 3.48. The molecule has 1 aromatic heterocycles. The molecular weight excluding hydrogens is 350 g/mol. The van der Waals surface area contributed by atoms with Crippen molar-refractivity contribution in [1.82, 2.24) is 4.98 Å². The van der Waals surface area contributed by atoms with Crippen molar-refractivity contribution in [3.05, 3.63) is 66.4 Å². The summed E-state index contributed by atoms with van der Waals surface area (Å²) in [4.78, 5) is 16.1. The molecule has 25 heavy (non-hydrogen) atoms. The number of hydrogen-bond acceptors (Lipinski definition) is 4. The van der Waals surface area contributed by atoms with Crippen molar-refractivity contribution >= 4 is 32.3 Å². The largest absolute Gasteiger partial charge is 0.341 e. The van der Waals surface area contributed by atoms with Gasteiger partial charge in [-0.1, -0.05) is 24.3 Å². The molecule has 0 aliphatic heterocycles. The van der Waals surface area contributed by atoms with Crippen LogP contribution in [0.2, 0.25) is 0 Å². The minimum Gasteiger partial charge on any atom is -0.321 e. The fraction of sp³-hybridized carbons (Fsp3) is 0.0588. The number of sulfone groups is 1. The van der Waals surface area contributed by atoms with E-state index >= 15 is 0 Å². The van der Waals surface area contributed by atoms with Crippen LogP contribution in [0.3, 0.4) is 0 Å². The van der Waals surface area contributed by atoms with E-state index in [9.17, 15) is 22.0 Å². The monoisotopic (exact) mass is 362 g/mol. The van der Waals surface area contributed by atoms with Gasteiger partial charge in [-0.25, -0.2) is 8.42 Å². The lowest BCUT2D eigenvalue weighted by Crippen LogP contribution is -2.18. The van der Waals surface area contributed by atoms with Crippen molar-refractivity contribution < 1.29 is 22.0 Å². The van der Waals surface area contributed by atoms with Gasteiger partial charge in [0.15, 0.2) is 0 Å². The van der Waals surface area contributed by atoms with Gasteiger partial charge in [-0.3, -0.25) is 9.78 Å². The number of carbonyl (C=O) groups excluding carboxylic acids is 1. The molecule has 128 valence electrons. The second-order valence-corrected chi connectivity index (χ2v) is 7.02. The molecule has 1 amide bonds. The lowest BCUT2D eigenvalue weighted by Gasteiger charge is -2.12. The van der Waals surface area contributed by atoms with Gasteiger partial charge in [-0.15, -0.1) is 0 Å². The number of amides is 1. The molecule has 0 aliphatic rings. The summed E-state index contributed by atoms with van der Waals surface area (Å²) in [6.07, 6.45) is 1.58. The van der Waals surface area contributed by atoms with Crippen LogP contribution in [0.4, 0.5) is 14.5 Å². The lowest BCUT2D eigenvalue weighted by atomic mass is 10.1. The number of halogens is 2. The number of hydrogen-bond donors (Lipinski definition) is 1. The highest BCUT2D eigenvalue weighted by Crippen LogP contribution is 2.27. The molecule has 3 aromatic rings. The second kappa shape index (κ2) is 6.56. The maximum absolute atomic E-state index is 12.8. The Hall–Kier alpha value is -2.87. The van der Waals surface area contributed by atoms with Gasteiger partial charge < -0.3 is 5.32 Å². The quantitative estimate of drug-likeness (QED) is 0.771. The van der Waals surface area contributed by atoms with E-state index in [4.69, 9.17) is 0 Å². The molecule has 0 bridgehead atoms. The van der Waals surface area contributed by atoms with Crippen molar-refractivity contribution in [3.8, 4) is 0 Å². The molecule has 0 saturated heterocycles. The maximum atomic E-state index is 12.8. The molecule has 8 heteroatoms. The number of fused-ring (bicyclic) bond motifs is 1. The number of carbonyl (C=O) groups is 1. The summed E-state index contributed by atoms with van der Waals surface area (Å²) < 4.78 is 49.2. The molecule has 0 aliphatic carbocycles. The molecule has 0 unspecified atom stereocenters. The van der Waals surface area contributed by atoms with Crippen LogP contribution in [0.5, 0.6) is 0 Å². The van der Waals surface area contributed by atoms with E-state index in [1.165, 1.54) is 18.2 Å². The zero-order valence-corrected chi connectivity index (χ0v) is 13.5. The first kappa shape index (κ1) is 17.0. The third-order valence-electron chi connectivity index (χ3n) is 3.57. The van der Waals surface area contributed by atoms with Gasteiger partial charge in [-0.05, 0) is 30.3 Å². The normalized spacial score (nSPS) is 11.6. The molecule has 1 N–H and O–H groups in total. The minimum atomic E-state index is -4.84. The first-order chi connectivity index (χ1) is 11.9. The Balaban J connectivity index is 2.02. The third-order valence-corrected chi connectivity index (χ3v) is 5.00. The smallest absolute Gasteiger partial charge is 0.321 e. The summed E-state index contributed by atoms with van der Waals surface area (Å²) >= 11 is 0. The molecule has 0 fully saturated rings. The van der Waals surface area contributed by atoms with Gasteiger partial charge in [0.1, 0.15) is 0 Å². The van der Waals surface area contributed by atoms with Gasteiger partial charge in [0, 0.05) is 17.1 Å². The van der Waals surface area contributed by atoms with Crippen LogP contribution in [-0.4, -0.2) is 25.1 Å². The van der Waals surface area contributed by atoms with Crippen LogP contribution < -0.4 is 5.32 Å². The molecule has 1 heterocycles. The van der Waals surface area contributed by atoms with E-state index in [0.717, 1.165) is 6.07 Å². The number of anilines is 1. The van der Waals surface area contributed by atoms with Gasteiger partial charge in [-0.2, -0.15) is 8.78 Å². The summed E-state index contributed by atoms with van der Waals surface area (Å²) in [7, 11) is -4.84. The van der Waals surface area contributed by atoms with E-state index in [-0.39, 0.29) is 11.3 Å². The molecule has 2 aromatic carbocycles. The Morgan fingerprint density at radius 3 is 2.52 bits per heavy atom. The van der Waals surface area contributed by atoms with Crippen LogP contribution in [-0.2, 0) is 9.84 Å². The molecule has 0 atom stereocenters. The Kier molecular flexibility index (Phi) is 4.45. The van der Waals surface area contributed by atoms with Crippen molar-refractivity contribution in [1.29, 1.82) is 0 Å². The number of benzene rings is 2. The third kappa shape index (κ3) is 3.20. The molecule has 0 spiro atoms. The van der Waals surface area contributed by atoms with Crippen LogP contribution in [0.15, 0.2) is 65.7 Å². The highest BCUT2D eigenvalue weighted by Gasteiger charge is 2.29. The van der Waals surface area contributed by atoms with E-state index in [1.807, 2.05) is 0 Å². The zero-order chi connectivity index (χ0) is 18.0. The van der Waals surface area contributed by atoms with Gasteiger partial charge in [0.25, 0.3) is 5.91 Å². The number of para-hydroxylation sites is 1. The molecule has 0 radical (unpaired) electrons. The maximum Gasteiger partial charge on any atom is 0.341 e. The summed E-state index contributed by atoms with van der Waals surface area (Å²) in [6.45, 7) is 0. The van der Waals surface area contributed by atoms with Crippen LogP contribution in [0.1, 0.15) is 10.4 Å². The Bertz CT molecular complexity index is 1050. The number of nitrogens with zero attached hydrogens (tertiary/aromatic N) is 1. The molecule has 5 nitrogen and oxygen atoms in total. The molecule has 0 saturated carbocycles. The molecular formula is C17H12F2N2O3S. The predicted molar refractivity (Wildman–Crippen MR) is 89.3 cm³/mol. The van der Waals surface area contributed by atoms with Crippen molar-refractivity contribution in [2.24, 2.45) is 0 Å². The summed E-state index contributed by atoms with van der Waals surface area (Å²) in [5.74, 6) is -4.19. The number of pyridine rings is 1. The topological polar surface area (TPSA) is 76.1 Å². The van der Waals surface area contributed by atoms with E-state index in [2.05, 4.69) is 10.3 Å². The summed E-state index contributed by atoms with van der Waals surface area (Å²) in [5.41, 5.74) is 0.646. The Morgan fingerprint density at radius 2 is 1.76 bits per heavy atom. The average Bonchev–Trinajstić information content (AvgIpc) is 2.61. The highest BCUT2D eigenvalue weighted by molar-refractivity contribution is 7.91. The van der Waals surface area contributed by atoms with Gasteiger partial charge >= 0.3 is 5.76 Å². The van der Waals surface area contributed by atoms with E-state index < -0.39 is 26.4 Å².